The molecule has 0 aromatic carbocycles. The number of pyridine rings is 1. The molecular weight excluding hydrogens is 212 g/mol. The Labute approximate surface area is 103 Å². The van der Waals surface area contributed by atoms with Crippen LogP contribution in [0.5, 0.6) is 0 Å². The lowest BCUT2D eigenvalue weighted by Crippen LogP contribution is -2.40. The standard InChI is InChI=1S/C14H22N2O/c1-11(7-9-17)16-14(12-5-6-12)10-13-4-2-3-8-15-13/h2-4,8,11-12,14,16-17H,5-7,9-10H2,1H3/t11-,14?/m1/s1. The van der Waals surface area contributed by atoms with Crippen LogP contribution >= 0.6 is 0 Å². The zero-order valence-electron chi connectivity index (χ0n) is 10.5. The quantitative estimate of drug-likeness (QED) is 0.755. The number of aliphatic hydroxyl groups excluding tert-OH is 1. The number of hydrogen-bond donors (Lipinski definition) is 2. The van der Waals surface area contributed by atoms with E-state index in [1.54, 1.807) is 0 Å². The van der Waals surface area contributed by atoms with Crippen molar-refractivity contribution in [1.82, 2.24) is 10.3 Å². The van der Waals surface area contributed by atoms with Crippen molar-refractivity contribution in [3.63, 3.8) is 0 Å². The van der Waals surface area contributed by atoms with E-state index in [2.05, 4.69) is 23.3 Å². The van der Waals surface area contributed by atoms with E-state index in [4.69, 9.17) is 5.11 Å². The maximum atomic E-state index is 8.94. The van der Waals surface area contributed by atoms with Gasteiger partial charge in [0, 0.05) is 37.0 Å². The molecule has 1 aromatic rings. The first kappa shape index (κ1) is 12.5. The van der Waals surface area contributed by atoms with Crippen LogP contribution in [0.1, 0.15) is 31.9 Å². The van der Waals surface area contributed by atoms with Gasteiger partial charge in [0.25, 0.3) is 0 Å². The highest BCUT2D eigenvalue weighted by Crippen LogP contribution is 2.34. The van der Waals surface area contributed by atoms with Gasteiger partial charge in [-0.05, 0) is 44.2 Å². The van der Waals surface area contributed by atoms with Gasteiger partial charge in [-0.2, -0.15) is 0 Å². The Morgan fingerprint density at radius 1 is 1.47 bits per heavy atom. The average molecular weight is 234 g/mol. The summed E-state index contributed by atoms with van der Waals surface area (Å²) < 4.78 is 0. The van der Waals surface area contributed by atoms with Crippen LogP contribution in [0.4, 0.5) is 0 Å². The summed E-state index contributed by atoms with van der Waals surface area (Å²) in [6.07, 6.45) is 6.34. The maximum absolute atomic E-state index is 8.94. The second-order valence-electron chi connectivity index (χ2n) is 5.05. The van der Waals surface area contributed by atoms with Crippen LogP contribution in [0, 0.1) is 5.92 Å². The average Bonchev–Trinajstić information content (AvgIpc) is 3.14. The van der Waals surface area contributed by atoms with E-state index in [-0.39, 0.29) is 6.61 Å². The Balaban J connectivity index is 1.89. The zero-order chi connectivity index (χ0) is 12.1. The normalized spacial score (nSPS) is 18.9. The van der Waals surface area contributed by atoms with Crippen molar-refractivity contribution in [1.29, 1.82) is 0 Å². The summed E-state index contributed by atoms with van der Waals surface area (Å²) in [7, 11) is 0. The van der Waals surface area contributed by atoms with E-state index in [1.165, 1.54) is 12.8 Å². The minimum absolute atomic E-state index is 0.259. The highest BCUT2D eigenvalue weighted by atomic mass is 16.3. The first-order valence-electron chi connectivity index (χ1n) is 6.56. The molecule has 1 fully saturated rings. The Morgan fingerprint density at radius 3 is 2.88 bits per heavy atom. The number of rotatable bonds is 7. The number of hydrogen-bond acceptors (Lipinski definition) is 3. The first-order chi connectivity index (χ1) is 8.29. The summed E-state index contributed by atoms with van der Waals surface area (Å²) in [6, 6.07) is 7.00. The van der Waals surface area contributed by atoms with Crippen molar-refractivity contribution in [2.24, 2.45) is 5.92 Å². The lowest BCUT2D eigenvalue weighted by atomic mass is 10.0. The van der Waals surface area contributed by atoms with Gasteiger partial charge in [0.05, 0.1) is 0 Å². The van der Waals surface area contributed by atoms with Gasteiger partial charge in [-0.15, -0.1) is 0 Å². The zero-order valence-corrected chi connectivity index (χ0v) is 10.5. The van der Waals surface area contributed by atoms with E-state index in [1.807, 2.05) is 18.3 Å². The van der Waals surface area contributed by atoms with Crippen LogP contribution in [-0.2, 0) is 6.42 Å². The van der Waals surface area contributed by atoms with E-state index < -0.39 is 0 Å². The molecule has 1 heterocycles. The van der Waals surface area contributed by atoms with Gasteiger partial charge in [-0.1, -0.05) is 6.07 Å². The number of nitrogens with zero attached hydrogens (tertiary/aromatic N) is 1. The predicted octanol–water partition coefficient (Wildman–Crippen LogP) is 1.76. The highest BCUT2D eigenvalue weighted by Gasteiger charge is 2.31. The maximum Gasteiger partial charge on any atom is 0.0445 e. The van der Waals surface area contributed by atoms with Gasteiger partial charge in [0.1, 0.15) is 0 Å². The van der Waals surface area contributed by atoms with Crippen LogP contribution in [0.2, 0.25) is 0 Å². The van der Waals surface area contributed by atoms with Gasteiger partial charge >= 0.3 is 0 Å². The smallest absolute Gasteiger partial charge is 0.0445 e. The van der Waals surface area contributed by atoms with Gasteiger partial charge in [-0.3, -0.25) is 4.98 Å². The Bertz CT molecular complexity index is 324. The molecule has 2 atom stereocenters. The summed E-state index contributed by atoms with van der Waals surface area (Å²) in [5, 5.41) is 12.6. The highest BCUT2D eigenvalue weighted by molar-refractivity contribution is 5.07. The first-order valence-corrected chi connectivity index (χ1v) is 6.56. The second kappa shape index (κ2) is 6.12. The minimum atomic E-state index is 0.259. The summed E-state index contributed by atoms with van der Waals surface area (Å²) in [5.74, 6) is 0.804. The molecule has 17 heavy (non-hydrogen) atoms. The van der Waals surface area contributed by atoms with Crippen molar-refractivity contribution in [3.8, 4) is 0 Å². The van der Waals surface area contributed by atoms with Crippen LogP contribution < -0.4 is 5.32 Å². The van der Waals surface area contributed by atoms with Crippen molar-refractivity contribution >= 4 is 0 Å². The lowest BCUT2D eigenvalue weighted by molar-refractivity contribution is 0.259. The van der Waals surface area contributed by atoms with Gasteiger partial charge < -0.3 is 10.4 Å². The summed E-state index contributed by atoms with van der Waals surface area (Å²) >= 11 is 0. The minimum Gasteiger partial charge on any atom is -0.396 e. The third kappa shape index (κ3) is 4.10. The van der Waals surface area contributed by atoms with E-state index in [9.17, 15) is 0 Å². The number of aliphatic hydroxyl groups is 1. The van der Waals surface area contributed by atoms with Crippen LogP contribution in [0.15, 0.2) is 24.4 Å². The van der Waals surface area contributed by atoms with Gasteiger partial charge in [-0.25, -0.2) is 0 Å². The van der Waals surface area contributed by atoms with Gasteiger partial charge in [0.15, 0.2) is 0 Å². The third-order valence-corrected chi connectivity index (χ3v) is 3.41. The lowest BCUT2D eigenvalue weighted by Gasteiger charge is -2.22. The molecule has 0 aliphatic heterocycles. The van der Waals surface area contributed by atoms with E-state index >= 15 is 0 Å². The molecular formula is C14H22N2O. The van der Waals surface area contributed by atoms with Crippen LogP contribution in [0.25, 0.3) is 0 Å². The van der Waals surface area contributed by atoms with Crippen molar-refractivity contribution in [2.75, 3.05) is 6.61 Å². The fraction of sp³-hybridized carbons (Fsp3) is 0.643. The predicted molar refractivity (Wildman–Crippen MR) is 68.8 cm³/mol. The molecule has 3 nitrogen and oxygen atoms in total. The Morgan fingerprint density at radius 2 is 2.29 bits per heavy atom. The summed E-state index contributed by atoms with van der Waals surface area (Å²) in [5.41, 5.74) is 1.16. The van der Waals surface area contributed by atoms with Crippen LogP contribution in [0.3, 0.4) is 0 Å². The molecule has 94 valence electrons. The molecule has 1 aliphatic rings. The molecule has 0 spiro atoms. The third-order valence-electron chi connectivity index (χ3n) is 3.41. The van der Waals surface area contributed by atoms with Crippen molar-refractivity contribution < 1.29 is 5.11 Å². The molecule has 0 radical (unpaired) electrons. The van der Waals surface area contributed by atoms with E-state index in [0.717, 1.165) is 24.5 Å². The summed E-state index contributed by atoms with van der Waals surface area (Å²) in [6.45, 7) is 2.40. The van der Waals surface area contributed by atoms with Crippen molar-refractivity contribution in [2.45, 2.75) is 44.7 Å². The Hall–Kier alpha value is -0.930. The van der Waals surface area contributed by atoms with E-state index in [0.29, 0.717) is 12.1 Å². The van der Waals surface area contributed by atoms with Crippen molar-refractivity contribution in [3.05, 3.63) is 30.1 Å². The fourth-order valence-electron chi connectivity index (χ4n) is 2.25. The molecule has 1 unspecified atom stereocenters. The monoisotopic (exact) mass is 234 g/mol. The number of nitrogens with one attached hydrogen (secondary N) is 1. The largest absolute Gasteiger partial charge is 0.396 e. The molecule has 2 N–H and O–H groups in total. The van der Waals surface area contributed by atoms with Crippen LogP contribution in [-0.4, -0.2) is 28.8 Å². The molecule has 1 aliphatic carbocycles. The molecule has 1 aromatic heterocycles. The fourth-order valence-corrected chi connectivity index (χ4v) is 2.25. The topological polar surface area (TPSA) is 45.1 Å². The molecule has 0 amide bonds. The molecule has 3 heteroatoms. The SMILES string of the molecule is C[C@H](CCO)NC(Cc1ccccn1)C1CC1. The molecule has 0 saturated heterocycles. The Kier molecular flexibility index (Phi) is 4.51. The van der Waals surface area contributed by atoms with Gasteiger partial charge in [0.2, 0.25) is 0 Å². The second-order valence-corrected chi connectivity index (χ2v) is 5.05. The molecule has 2 rings (SSSR count). The number of aromatic nitrogens is 1. The molecule has 0 bridgehead atoms. The summed E-state index contributed by atoms with van der Waals surface area (Å²) in [4.78, 5) is 4.39. The molecule has 1 saturated carbocycles.